The molecule has 1 aliphatic rings. The molecule has 1 heterocycles. The number of hydrogen-bond donors (Lipinski definition) is 1. The summed E-state index contributed by atoms with van der Waals surface area (Å²) in [6, 6.07) is 3.33. The number of nitrogen functional groups attached to an aromatic ring is 1. The van der Waals surface area contributed by atoms with Crippen molar-refractivity contribution < 1.29 is 8.42 Å². The highest BCUT2D eigenvalue weighted by Crippen LogP contribution is 2.30. The summed E-state index contributed by atoms with van der Waals surface area (Å²) in [5.41, 5.74) is 6.12. The van der Waals surface area contributed by atoms with E-state index in [4.69, 9.17) is 5.73 Å². The topological polar surface area (TPSA) is 73.1 Å². The van der Waals surface area contributed by atoms with Crippen LogP contribution in [0.2, 0.25) is 0 Å². The Morgan fingerprint density at radius 3 is 2.64 bits per heavy atom. The van der Waals surface area contributed by atoms with E-state index in [1.807, 2.05) is 0 Å². The normalized spacial score (nSPS) is 16.9. The highest BCUT2D eigenvalue weighted by molar-refractivity contribution is 7.91. The lowest BCUT2D eigenvalue weighted by molar-refractivity contribution is 0.594. The maximum atomic E-state index is 11.6. The predicted molar refractivity (Wildman–Crippen MR) is 54.3 cm³/mol. The van der Waals surface area contributed by atoms with Crippen LogP contribution in [-0.2, 0) is 15.6 Å². The fraction of sp³-hybridized carbons (Fsp3) is 0.444. The number of sulfone groups is 1. The van der Waals surface area contributed by atoms with Crippen LogP contribution in [0.3, 0.4) is 0 Å². The minimum Gasteiger partial charge on any atom is -0.384 e. The number of rotatable bonds is 3. The van der Waals surface area contributed by atoms with Gasteiger partial charge in [0.25, 0.3) is 0 Å². The largest absolute Gasteiger partial charge is 0.384 e. The first-order chi connectivity index (χ1) is 6.58. The molecule has 0 atom stereocenters. The van der Waals surface area contributed by atoms with Crippen LogP contribution in [0.4, 0.5) is 5.82 Å². The molecule has 0 amide bonds. The van der Waals surface area contributed by atoms with Crippen LogP contribution < -0.4 is 5.73 Å². The van der Waals surface area contributed by atoms with Crippen LogP contribution in [0.5, 0.6) is 0 Å². The minimum absolute atomic E-state index is 0.0882. The standard InChI is InChI=1S/C9H12N2O2S/c10-9-4-1-7(5-11-9)6-14(12,13)8-2-3-8/h1,4-5,8H,2-3,6H2,(H2,10,11). The summed E-state index contributed by atoms with van der Waals surface area (Å²) in [6.45, 7) is 0. The van der Waals surface area contributed by atoms with Gasteiger partial charge in [-0.3, -0.25) is 0 Å². The fourth-order valence-electron chi connectivity index (χ4n) is 1.30. The third-order valence-corrected chi connectivity index (χ3v) is 4.47. The average molecular weight is 212 g/mol. The van der Waals surface area contributed by atoms with E-state index in [2.05, 4.69) is 4.98 Å². The molecule has 0 aliphatic heterocycles. The minimum atomic E-state index is -2.93. The number of aromatic nitrogens is 1. The lowest BCUT2D eigenvalue weighted by Gasteiger charge is -2.02. The van der Waals surface area contributed by atoms with Crippen molar-refractivity contribution in [1.29, 1.82) is 0 Å². The Morgan fingerprint density at radius 1 is 1.43 bits per heavy atom. The number of hydrogen-bond acceptors (Lipinski definition) is 4. The van der Waals surface area contributed by atoms with E-state index in [1.54, 1.807) is 12.1 Å². The Kier molecular flexibility index (Phi) is 2.19. The Hall–Kier alpha value is -1.10. The third kappa shape index (κ3) is 2.04. The molecule has 1 aliphatic carbocycles. The van der Waals surface area contributed by atoms with E-state index < -0.39 is 9.84 Å². The summed E-state index contributed by atoms with van der Waals surface area (Å²) < 4.78 is 23.2. The molecule has 5 heteroatoms. The van der Waals surface area contributed by atoms with E-state index >= 15 is 0 Å². The second-order valence-corrected chi connectivity index (χ2v) is 5.88. The van der Waals surface area contributed by atoms with Gasteiger partial charge in [0.05, 0.1) is 11.0 Å². The molecule has 76 valence electrons. The van der Waals surface area contributed by atoms with Crippen molar-refractivity contribution in [3.05, 3.63) is 23.9 Å². The van der Waals surface area contributed by atoms with Gasteiger partial charge in [0, 0.05) is 6.20 Å². The molecule has 4 nitrogen and oxygen atoms in total. The highest BCUT2D eigenvalue weighted by Gasteiger charge is 2.35. The van der Waals surface area contributed by atoms with Gasteiger partial charge in [0.1, 0.15) is 5.82 Å². The van der Waals surface area contributed by atoms with E-state index in [1.165, 1.54) is 6.20 Å². The summed E-state index contributed by atoms with van der Waals surface area (Å²) in [4.78, 5) is 3.86. The van der Waals surface area contributed by atoms with E-state index in [0.29, 0.717) is 11.4 Å². The smallest absolute Gasteiger partial charge is 0.157 e. The molecule has 1 aromatic rings. The van der Waals surface area contributed by atoms with Crippen LogP contribution in [0.25, 0.3) is 0 Å². The molecule has 0 spiro atoms. The molecule has 1 fully saturated rings. The number of nitrogens with two attached hydrogens (primary N) is 1. The van der Waals surface area contributed by atoms with Crippen molar-refractivity contribution in [3.63, 3.8) is 0 Å². The van der Waals surface area contributed by atoms with Gasteiger partial charge < -0.3 is 5.73 Å². The zero-order chi connectivity index (χ0) is 10.2. The van der Waals surface area contributed by atoms with Crippen molar-refractivity contribution in [3.8, 4) is 0 Å². The molecular formula is C9H12N2O2S. The monoisotopic (exact) mass is 212 g/mol. The summed E-state index contributed by atoms with van der Waals surface area (Å²) in [7, 11) is -2.93. The summed E-state index contributed by atoms with van der Waals surface area (Å²) in [5, 5.41) is -0.111. The Morgan fingerprint density at radius 2 is 2.14 bits per heavy atom. The maximum Gasteiger partial charge on any atom is 0.157 e. The lowest BCUT2D eigenvalue weighted by Crippen LogP contribution is -2.09. The molecule has 0 aromatic carbocycles. The quantitative estimate of drug-likeness (QED) is 0.802. The molecule has 0 bridgehead atoms. The summed E-state index contributed by atoms with van der Waals surface area (Å²) in [6.07, 6.45) is 3.14. The molecule has 0 unspecified atom stereocenters. The van der Waals surface area contributed by atoms with Crippen LogP contribution in [0.15, 0.2) is 18.3 Å². The van der Waals surface area contributed by atoms with Crippen molar-refractivity contribution in [2.75, 3.05) is 5.73 Å². The van der Waals surface area contributed by atoms with Gasteiger partial charge in [-0.1, -0.05) is 6.07 Å². The molecule has 1 saturated carbocycles. The second-order valence-electron chi connectivity index (χ2n) is 3.60. The summed E-state index contributed by atoms with van der Waals surface area (Å²) >= 11 is 0. The van der Waals surface area contributed by atoms with Gasteiger partial charge in [-0.15, -0.1) is 0 Å². The Balaban J connectivity index is 2.14. The Labute approximate surface area is 83.1 Å². The lowest BCUT2D eigenvalue weighted by atomic mass is 10.3. The zero-order valence-electron chi connectivity index (χ0n) is 7.68. The molecule has 0 saturated heterocycles. The van der Waals surface area contributed by atoms with E-state index in [9.17, 15) is 8.42 Å². The number of pyridine rings is 1. The van der Waals surface area contributed by atoms with Gasteiger partial charge in [-0.2, -0.15) is 0 Å². The first-order valence-electron chi connectivity index (χ1n) is 4.50. The highest BCUT2D eigenvalue weighted by atomic mass is 32.2. The van der Waals surface area contributed by atoms with Crippen molar-refractivity contribution in [1.82, 2.24) is 4.98 Å². The third-order valence-electron chi connectivity index (χ3n) is 2.25. The van der Waals surface area contributed by atoms with Crippen LogP contribution in [-0.4, -0.2) is 18.7 Å². The van der Waals surface area contributed by atoms with Gasteiger partial charge in [0.15, 0.2) is 9.84 Å². The van der Waals surface area contributed by atoms with Crippen molar-refractivity contribution in [2.24, 2.45) is 0 Å². The average Bonchev–Trinajstić information content (AvgIpc) is 2.91. The molecule has 1 aromatic heterocycles. The molecular weight excluding hydrogens is 200 g/mol. The van der Waals surface area contributed by atoms with Crippen LogP contribution >= 0.6 is 0 Å². The second kappa shape index (κ2) is 3.24. The van der Waals surface area contributed by atoms with Crippen molar-refractivity contribution >= 4 is 15.7 Å². The fourth-order valence-corrected chi connectivity index (χ4v) is 3.02. The molecule has 2 rings (SSSR count). The summed E-state index contributed by atoms with van der Waals surface area (Å²) in [5.74, 6) is 0.503. The van der Waals surface area contributed by atoms with E-state index in [-0.39, 0.29) is 11.0 Å². The van der Waals surface area contributed by atoms with Crippen LogP contribution in [0.1, 0.15) is 18.4 Å². The molecule has 2 N–H and O–H groups in total. The maximum absolute atomic E-state index is 11.6. The Bertz CT molecular complexity index is 421. The predicted octanol–water partition coefficient (Wildman–Crippen LogP) is 0.741. The van der Waals surface area contributed by atoms with Gasteiger partial charge in [-0.05, 0) is 24.5 Å². The molecule has 14 heavy (non-hydrogen) atoms. The van der Waals surface area contributed by atoms with Gasteiger partial charge in [-0.25, -0.2) is 13.4 Å². The van der Waals surface area contributed by atoms with Crippen LogP contribution in [0, 0.1) is 0 Å². The van der Waals surface area contributed by atoms with E-state index in [0.717, 1.165) is 12.8 Å². The van der Waals surface area contributed by atoms with Gasteiger partial charge in [0.2, 0.25) is 0 Å². The first kappa shape index (κ1) is 9.45. The first-order valence-corrected chi connectivity index (χ1v) is 6.21. The molecule has 0 radical (unpaired) electrons. The SMILES string of the molecule is Nc1ccc(CS(=O)(=O)C2CC2)cn1. The number of nitrogens with zero attached hydrogens (tertiary/aromatic N) is 1. The number of anilines is 1. The van der Waals surface area contributed by atoms with Crippen molar-refractivity contribution in [2.45, 2.75) is 23.8 Å². The van der Waals surface area contributed by atoms with Gasteiger partial charge >= 0.3 is 0 Å². The zero-order valence-corrected chi connectivity index (χ0v) is 8.50.